The summed E-state index contributed by atoms with van der Waals surface area (Å²) in [7, 11) is 0. The molecule has 0 aromatic rings. The molecule has 4 heterocycles. The van der Waals surface area contributed by atoms with Gasteiger partial charge in [0, 0.05) is 43.1 Å². The zero-order valence-electron chi connectivity index (χ0n) is 25.0. The van der Waals surface area contributed by atoms with Crippen LogP contribution in [0.25, 0.3) is 0 Å². The number of likely N-dealkylation sites (tertiary alicyclic amines) is 1. The van der Waals surface area contributed by atoms with Gasteiger partial charge in [0.05, 0.1) is 16.6 Å². The van der Waals surface area contributed by atoms with Crippen molar-refractivity contribution in [1.82, 2.24) is 14.7 Å². The molecule has 1 N–H and O–H groups in total. The number of rotatable bonds is 9. The van der Waals surface area contributed by atoms with Crippen molar-refractivity contribution in [3.8, 4) is 0 Å². The van der Waals surface area contributed by atoms with E-state index in [0.717, 1.165) is 25.7 Å². The lowest BCUT2D eigenvalue weighted by Crippen LogP contribution is -2.58. The minimum Gasteiger partial charge on any atom is -0.396 e. The fourth-order valence-corrected chi connectivity index (χ4v) is 9.95. The average molecular weight is 560 g/mol. The third-order valence-electron chi connectivity index (χ3n) is 8.88. The zero-order chi connectivity index (χ0) is 28.8. The molecular weight excluding hydrogens is 510 g/mol. The van der Waals surface area contributed by atoms with E-state index in [2.05, 4.69) is 72.8 Å². The number of nitrogens with zero attached hydrogens (tertiary/aromatic N) is 3. The summed E-state index contributed by atoms with van der Waals surface area (Å²) < 4.78 is -1.37. The first-order chi connectivity index (χ1) is 18.2. The normalized spacial score (nSPS) is 32.9. The van der Waals surface area contributed by atoms with Crippen molar-refractivity contribution < 1.29 is 19.5 Å². The first kappa shape index (κ1) is 30.2. The summed E-state index contributed by atoms with van der Waals surface area (Å²) in [6, 6.07) is -0.656. The van der Waals surface area contributed by atoms with Gasteiger partial charge in [-0.05, 0) is 58.3 Å². The Labute approximate surface area is 239 Å². The van der Waals surface area contributed by atoms with Crippen LogP contribution >= 0.6 is 11.8 Å². The molecule has 4 rings (SSSR count). The first-order valence-corrected chi connectivity index (χ1v) is 15.6. The van der Waals surface area contributed by atoms with Crippen LogP contribution in [0, 0.1) is 17.3 Å². The van der Waals surface area contributed by atoms with Gasteiger partial charge in [-0.3, -0.25) is 14.4 Å². The molecule has 2 fully saturated rings. The highest BCUT2D eigenvalue weighted by Gasteiger charge is 2.74. The number of aliphatic hydroxyl groups is 1. The Morgan fingerprint density at radius 2 is 1.62 bits per heavy atom. The summed E-state index contributed by atoms with van der Waals surface area (Å²) in [5.74, 6) is -1.16. The topological polar surface area (TPSA) is 81.2 Å². The second kappa shape index (κ2) is 10.9. The number of amides is 3. The summed E-state index contributed by atoms with van der Waals surface area (Å²) >= 11 is 1.66. The molecule has 1 unspecified atom stereocenters. The molecule has 8 heteroatoms. The van der Waals surface area contributed by atoms with Crippen molar-refractivity contribution in [3.05, 3.63) is 24.3 Å². The van der Waals surface area contributed by atoms with E-state index in [4.69, 9.17) is 0 Å². The highest BCUT2D eigenvalue weighted by atomic mass is 32.2. The molecule has 0 bridgehead atoms. The van der Waals surface area contributed by atoms with Crippen LogP contribution in [0.2, 0.25) is 0 Å². The number of unbranched alkanes of at least 4 members (excludes halogenated alkanes) is 2. The van der Waals surface area contributed by atoms with Crippen molar-refractivity contribution in [2.45, 2.75) is 102 Å². The molecule has 0 saturated carbocycles. The highest BCUT2D eigenvalue weighted by molar-refractivity contribution is 8.02. The smallest absolute Gasteiger partial charge is 0.247 e. The van der Waals surface area contributed by atoms with Gasteiger partial charge in [0.15, 0.2) is 0 Å². The maximum absolute atomic E-state index is 14.7. The van der Waals surface area contributed by atoms with E-state index in [1.165, 1.54) is 0 Å². The van der Waals surface area contributed by atoms with E-state index in [1.807, 2.05) is 9.80 Å². The molecule has 218 valence electrons. The fraction of sp³-hybridized carbons (Fsp3) is 0.774. The van der Waals surface area contributed by atoms with Crippen molar-refractivity contribution in [1.29, 1.82) is 0 Å². The Morgan fingerprint density at radius 1 is 0.923 bits per heavy atom. The Hall–Kier alpha value is -1.80. The molecule has 4 aliphatic rings. The number of hydrogen-bond acceptors (Lipinski definition) is 5. The average Bonchev–Trinajstić information content (AvgIpc) is 3.08. The molecule has 2 saturated heterocycles. The van der Waals surface area contributed by atoms with E-state index in [1.54, 1.807) is 16.7 Å². The molecule has 0 radical (unpaired) electrons. The SMILES string of the molecule is CCCN1CC=C[C@]2(C)S[C@]34C=CCN(C(C)(C)CC(C)(C)C)C(=O)C3N(CCCCCO)C(=O)[C@@H]4[C@@H]2C1=O. The number of carbonyl (C=O) groups is 3. The molecule has 4 aliphatic heterocycles. The number of aliphatic hydroxyl groups excluding tert-OH is 1. The maximum Gasteiger partial charge on any atom is 0.247 e. The van der Waals surface area contributed by atoms with Gasteiger partial charge in [0.25, 0.3) is 0 Å². The Balaban J connectivity index is 1.80. The summed E-state index contributed by atoms with van der Waals surface area (Å²) in [6.07, 6.45) is 12.3. The van der Waals surface area contributed by atoms with Gasteiger partial charge in [0.2, 0.25) is 17.7 Å². The van der Waals surface area contributed by atoms with E-state index in [0.29, 0.717) is 32.6 Å². The van der Waals surface area contributed by atoms with Crippen molar-refractivity contribution >= 4 is 29.5 Å². The van der Waals surface area contributed by atoms with Crippen LogP contribution in [0.15, 0.2) is 24.3 Å². The van der Waals surface area contributed by atoms with Crippen LogP contribution in [-0.2, 0) is 14.4 Å². The molecule has 1 spiro atoms. The zero-order valence-corrected chi connectivity index (χ0v) is 25.9. The van der Waals surface area contributed by atoms with Crippen LogP contribution in [0.1, 0.15) is 80.6 Å². The summed E-state index contributed by atoms with van der Waals surface area (Å²) in [6.45, 7) is 17.3. The maximum atomic E-state index is 14.7. The molecule has 39 heavy (non-hydrogen) atoms. The monoisotopic (exact) mass is 559 g/mol. The van der Waals surface area contributed by atoms with Crippen LogP contribution in [0.4, 0.5) is 0 Å². The lowest BCUT2D eigenvalue weighted by atomic mass is 9.74. The predicted molar refractivity (Wildman–Crippen MR) is 157 cm³/mol. The van der Waals surface area contributed by atoms with Gasteiger partial charge in [-0.25, -0.2) is 0 Å². The fourth-order valence-electron chi connectivity index (χ4n) is 7.79. The number of carbonyl (C=O) groups excluding carboxylic acids is 3. The summed E-state index contributed by atoms with van der Waals surface area (Å²) in [5, 5.41) is 9.30. The molecule has 0 aromatic carbocycles. The minimum atomic E-state index is -0.799. The van der Waals surface area contributed by atoms with E-state index in [9.17, 15) is 19.5 Å². The van der Waals surface area contributed by atoms with Crippen molar-refractivity contribution in [3.63, 3.8) is 0 Å². The van der Waals surface area contributed by atoms with Gasteiger partial charge in [-0.15, -0.1) is 11.8 Å². The predicted octanol–water partition coefficient (Wildman–Crippen LogP) is 4.26. The Bertz CT molecular complexity index is 1030. The number of hydrogen-bond donors (Lipinski definition) is 1. The largest absolute Gasteiger partial charge is 0.396 e. The van der Waals surface area contributed by atoms with E-state index >= 15 is 0 Å². The molecular formula is C31H49N3O4S. The van der Waals surface area contributed by atoms with Gasteiger partial charge >= 0.3 is 0 Å². The number of thioether (sulfide) groups is 1. The summed E-state index contributed by atoms with van der Waals surface area (Å²) in [5.41, 5.74) is -0.377. The van der Waals surface area contributed by atoms with Gasteiger partial charge in [-0.2, -0.15) is 0 Å². The molecule has 0 aliphatic carbocycles. The van der Waals surface area contributed by atoms with Gasteiger partial charge in [0.1, 0.15) is 6.04 Å². The molecule has 0 aromatic heterocycles. The van der Waals surface area contributed by atoms with Crippen LogP contribution in [-0.4, -0.2) is 91.4 Å². The lowest BCUT2D eigenvalue weighted by molar-refractivity contribution is -0.147. The third-order valence-corrected chi connectivity index (χ3v) is 10.7. The molecule has 5 atom stereocenters. The van der Waals surface area contributed by atoms with Gasteiger partial charge < -0.3 is 19.8 Å². The number of fused-ring (bicyclic) bond motifs is 2. The Kier molecular flexibility index (Phi) is 8.42. The first-order valence-electron chi connectivity index (χ1n) is 14.8. The van der Waals surface area contributed by atoms with Crippen LogP contribution in [0.3, 0.4) is 0 Å². The van der Waals surface area contributed by atoms with Crippen molar-refractivity contribution in [2.24, 2.45) is 17.3 Å². The summed E-state index contributed by atoms with van der Waals surface area (Å²) in [4.78, 5) is 48.9. The van der Waals surface area contributed by atoms with Crippen molar-refractivity contribution in [2.75, 3.05) is 32.8 Å². The molecule has 7 nitrogen and oxygen atoms in total. The standard InChI is InChI=1S/C31H49N3O4S/c1-8-16-32-17-12-14-30(7)22(25(32)36)23-26(37)33(18-10-9-11-20-35)24-27(38)34(19-13-15-31(23,24)39-30)29(5,6)21-28(2,3)4/h12-15,22-24,35H,8-11,16-21H2,1-7H3/t22-,23+,24?,30+,31+/m1/s1. The minimum absolute atomic E-state index is 0.0124. The molecule has 3 amide bonds. The quantitative estimate of drug-likeness (QED) is 0.337. The Morgan fingerprint density at radius 3 is 2.26 bits per heavy atom. The van der Waals surface area contributed by atoms with Gasteiger partial charge in [-0.1, -0.05) is 52.0 Å². The van der Waals surface area contributed by atoms with Crippen LogP contribution in [0.5, 0.6) is 0 Å². The van der Waals surface area contributed by atoms with E-state index < -0.39 is 32.9 Å². The van der Waals surface area contributed by atoms with E-state index in [-0.39, 0.29) is 29.7 Å². The lowest BCUT2D eigenvalue weighted by Gasteiger charge is -2.44. The third kappa shape index (κ3) is 5.32. The highest BCUT2D eigenvalue weighted by Crippen LogP contribution is 2.65. The van der Waals surface area contributed by atoms with Crippen LogP contribution < -0.4 is 0 Å². The second-order valence-electron chi connectivity index (χ2n) is 13.9. The second-order valence-corrected chi connectivity index (χ2v) is 15.7.